The quantitative estimate of drug-likeness (QED) is 0.898. The number of rotatable bonds is 5. The molecule has 1 aromatic heterocycles. The van der Waals surface area contributed by atoms with E-state index < -0.39 is 17.4 Å². The second kappa shape index (κ2) is 6.19. The van der Waals surface area contributed by atoms with E-state index in [1.54, 1.807) is 13.1 Å². The van der Waals surface area contributed by atoms with Crippen molar-refractivity contribution in [3.8, 4) is 5.75 Å². The second-order valence-corrected chi connectivity index (χ2v) is 3.87. The van der Waals surface area contributed by atoms with Crippen molar-refractivity contribution >= 4 is 0 Å². The first kappa shape index (κ1) is 13.4. The number of ether oxygens (including phenoxy) is 1. The maximum atomic E-state index is 13.7. The Bertz CT molecular complexity index is 526. The largest absolute Gasteiger partial charge is 0.479 e. The van der Waals surface area contributed by atoms with Crippen LogP contribution in [-0.4, -0.2) is 17.0 Å². The number of halogens is 2. The van der Waals surface area contributed by atoms with E-state index in [0.717, 1.165) is 0 Å². The Hall–Kier alpha value is -2.08. The number of nitrogens with one attached hydrogen (secondary N) is 1. The van der Waals surface area contributed by atoms with Gasteiger partial charge in [-0.05, 0) is 30.8 Å². The Morgan fingerprint density at radius 2 is 1.79 bits per heavy atom. The molecule has 0 fully saturated rings. The van der Waals surface area contributed by atoms with E-state index >= 15 is 0 Å². The zero-order valence-electron chi connectivity index (χ0n) is 10.4. The van der Waals surface area contributed by atoms with Crippen molar-refractivity contribution in [2.45, 2.75) is 13.2 Å². The second-order valence-electron chi connectivity index (χ2n) is 3.87. The van der Waals surface area contributed by atoms with Crippen LogP contribution in [0.2, 0.25) is 0 Å². The fourth-order valence-electron chi connectivity index (χ4n) is 1.60. The Balaban J connectivity index is 2.12. The molecule has 0 saturated heterocycles. The summed E-state index contributed by atoms with van der Waals surface area (Å²) in [5.74, 6) is -1.52. The molecule has 1 N–H and O–H groups in total. The van der Waals surface area contributed by atoms with E-state index in [1.165, 1.54) is 24.5 Å². The molecule has 0 aliphatic rings. The lowest BCUT2D eigenvalue weighted by molar-refractivity contribution is 0.265. The highest BCUT2D eigenvalue weighted by atomic mass is 19.1. The van der Waals surface area contributed by atoms with Gasteiger partial charge in [-0.1, -0.05) is 0 Å². The third-order valence-corrected chi connectivity index (χ3v) is 2.40. The fourth-order valence-corrected chi connectivity index (χ4v) is 1.60. The van der Waals surface area contributed by atoms with Crippen LogP contribution in [0.5, 0.6) is 5.75 Å². The normalized spacial score (nSPS) is 10.5. The topological polar surface area (TPSA) is 47.0 Å². The van der Waals surface area contributed by atoms with Crippen molar-refractivity contribution in [3.05, 3.63) is 53.6 Å². The summed E-state index contributed by atoms with van der Waals surface area (Å²) in [7, 11) is 1.70. The molecule has 0 bridgehead atoms. The van der Waals surface area contributed by atoms with Crippen LogP contribution in [0, 0.1) is 11.6 Å². The molecule has 0 aliphatic carbocycles. The molecule has 0 spiro atoms. The number of nitrogens with zero attached hydrogens (tertiary/aromatic N) is 2. The lowest BCUT2D eigenvalue weighted by Crippen LogP contribution is -2.08. The van der Waals surface area contributed by atoms with Crippen molar-refractivity contribution in [2.75, 3.05) is 7.05 Å². The summed E-state index contributed by atoms with van der Waals surface area (Å²) >= 11 is 0. The minimum Gasteiger partial charge on any atom is -0.479 e. The Kier molecular flexibility index (Phi) is 4.35. The third kappa shape index (κ3) is 3.45. The van der Waals surface area contributed by atoms with E-state index in [9.17, 15) is 8.78 Å². The van der Waals surface area contributed by atoms with Gasteiger partial charge in [0.2, 0.25) is 0 Å². The standard InChI is InChI=1S/C13H13F2N3O/c1-16-7-9-5-10(14)13(11(15)6-9)19-8-12-17-3-2-4-18-12/h2-6,16H,7-8H2,1H3. The van der Waals surface area contributed by atoms with Crippen LogP contribution >= 0.6 is 0 Å². The maximum Gasteiger partial charge on any atom is 0.191 e. The average Bonchev–Trinajstić information content (AvgIpc) is 2.39. The lowest BCUT2D eigenvalue weighted by atomic mass is 10.2. The van der Waals surface area contributed by atoms with Crippen molar-refractivity contribution in [1.82, 2.24) is 15.3 Å². The monoisotopic (exact) mass is 265 g/mol. The van der Waals surface area contributed by atoms with Crippen LogP contribution in [-0.2, 0) is 13.2 Å². The molecule has 6 heteroatoms. The van der Waals surface area contributed by atoms with E-state index in [2.05, 4.69) is 15.3 Å². The van der Waals surface area contributed by atoms with Gasteiger partial charge in [-0.15, -0.1) is 0 Å². The maximum absolute atomic E-state index is 13.7. The molecule has 0 radical (unpaired) electrons. The van der Waals surface area contributed by atoms with Gasteiger partial charge in [0.25, 0.3) is 0 Å². The fraction of sp³-hybridized carbons (Fsp3) is 0.231. The smallest absolute Gasteiger partial charge is 0.191 e. The van der Waals surface area contributed by atoms with Gasteiger partial charge >= 0.3 is 0 Å². The van der Waals surface area contributed by atoms with Gasteiger partial charge in [-0.3, -0.25) is 0 Å². The highest BCUT2D eigenvalue weighted by molar-refractivity contribution is 5.31. The average molecular weight is 265 g/mol. The predicted octanol–water partition coefficient (Wildman–Crippen LogP) is 2.05. The van der Waals surface area contributed by atoms with Gasteiger partial charge in [0, 0.05) is 18.9 Å². The van der Waals surface area contributed by atoms with E-state index in [0.29, 0.717) is 17.9 Å². The van der Waals surface area contributed by atoms with Crippen molar-refractivity contribution in [1.29, 1.82) is 0 Å². The zero-order valence-corrected chi connectivity index (χ0v) is 10.4. The van der Waals surface area contributed by atoms with Crippen LogP contribution in [0.1, 0.15) is 11.4 Å². The molecule has 2 aromatic rings. The zero-order chi connectivity index (χ0) is 13.7. The van der Waals surface area contributed by atoms with E-state index in [-0.39, 0.29) is 6.61 Å². The molecule has 0 saturated carbocycles. The summed E-state index contributed by atoms with van der Waals surface area (Å²) in [6.07, 6.45) is 3.07. The first-order valence-electron chi connectivity index (χ1n) is 5.72. The van der Waals surface area contributed by atoms with Gasteiger partial charge < -0.3 is 10.1 Å². The summed E-state index contributed by atoms with van der Waals surface area (Å²) in [5.41, 5.74) is 0.515. The first-order chi connectivity index (χ1) is 9.20. The highest BCUT2D eigenvalue weighted by Gasteiger charge is 2.13. The number of hydrogen-bond donors (Lipinski definition) is 1. The molecular formula is C13H13F2N3O. The van der Waals surface area contributed by atoms with Crippen molar-refractivity contribution in [3.63, 3.8) is 0 Å². The molecule has 2 rings (SSSR count). The molecule has 0 amide bonds. The predicted molar refractivity (Wildman–Crippen MR) is 65.5 cm³/mol. The Morgan fingerprint density at radius 1 is 1.16 bits per heavy atom. The van der Waals surface area contributed by atoms with Crippen LogP contribution < -0.4 is 10.1 Å². The van der Waals surface area contributed by atoms with Crippen molar-refractivity contribution < 1.29 is 13.5 Å². The molecule has 19 heavy (non-hydrogen) atoms. The SMILES string of the molecule is CNCc1cc(F)c(OCc2ncccn2)c(F)c1. The summed E-state index contributed by atoms with van der Waals surface area (Å²) in [4.78, 5) is 7.82. The van der Waals surface area contributed by atoms with Crippen LogP contribution in [0.3, 0.4) is 0 Å². The van der Waals surface area contributed by atoms with Gasteiger partial charge in [-0.2, -0.15) is 0 Å². The van der Waals surface area contributed by atoms with E-state index in [1.807, 2.05) is 0 Å². The van der Waals surface area contributed by atoms with Gasteiger partial charge in [0.1, 0.15) is 6.61 Å². The minimum atomic E-state index is -0.735. The number of hydrogen-bond acceptors (Lipinski definition) is 4. The molecular weight excluding hydrogens is 252 g/mol. The van der Waals surface area contributed by atoms with Gasteiger partial charge in [0.15, 0.2) is 23.2 Å². The van der Waals surface area contributed by atoms with Gasteiger partial charge in [0.05, 0.1) is 0 Å². The highest BCUT2D eigenvalue weighted by Crippen LogP contribution is 2.23. The molecule has 1 heterocycles. The summed E-state index contributed by atoms with van der Waals surface area (Å²) < 4.78 is 32.5. The molecule has 0 aliphatic heterocycles. The van der Waals surface area contributed by atoms with Crippen LogP contribution in [0.25, 0.3) is 0 Å². The third-order valence-electron chi connectivity index (χ3n) is 2.40. The molecule has 0 atom stereocenters. The summed E-state index contributed by atoms with van der Waals surface area (Å²) in [5, 5.41) is 2.82. The summed E-state index contributed by atoms with van der Waals surface area (Å²) in [6.45, 7) is 0.302. The number of aromatic nitrogens is 2. The van der Waals surface area contributed by atoms with Crippen LogP contribution in [0.15, 0.2) is 30.6 Å². The molecule has 4 nitrogen and oxygen atoms in total. The van der Waals surface area contributed by atoms with Gasteiger partial charge in [-0.25, -0.2) is 18.7 Å². The van der Waals surface area contributed by atoms with Crippen LogP contribution in [0.4, 0.5) is 8.78 Å². The summed E-state index contributed by atoms with van der Waals surface area (Å²) in [6, 6.07) is 4.12. The minimum absolute atomic E-state index is 0.0833. The lowest BCUT2D eigenvalue weighted by Gasteiger charge is -2.09. The first-order valence-corrected chi connectivity index (χ1v) is 5.72. The molecule has 0 unspecified atom stereocenters. The van der Waals surface area contributed by atoms with Crippen molar-refractivity contribution in [2.24, 2.45) is 0 Å². The molecule has 100 valence electrons. The molecule has 1 aromatic carbocycles. The number of benzene rings is 1. The van der Waals surface area contributed by atoms with E-state index in [4.69, 9.17) is 4.74 Å². The Morgan fingerprint density at radius 3 is 2.37 bits per heavy atom. The Labute approximate surface area is 109 Å².